The van der Waals surface area contributed by atoms with Gasteiger partial charge in [-0.05, 0) is 24.4 Å². The van der Waals surface area contributed by atoms with Crippen molar-refractivity contribution in [1.29, 1.82) is 0 Å². The van der Waals surface area contributed by atoms with Crippen LogP contribution in [-0.2, 0) is 0 Å². The van der Waals surface area contributed by atoms with Gasteiger partial charge in [0.15, 0.2) is 0 Å². The molecule has 4 aromatic heterocycles. The molecule has 134 valence electrons. The molecule has 0 bridgehead atoms. The normalized spacial score (nSPS) is 12.6. The minimum Gasteiger partial charge on any atom is -0.419 e. The summed E-state index contributed by atoms with van der Waals surface area (Å²) >= 11 is 2.95. The van der Waals surface area contributed by atoms with Crippen molar-refractivity contribution < 1.29 is 8.83 Å². The van der Waals surface area contributed by atoms with Gasteiger partial charge in [0.2, 0.25) is 5.89 Å². The molecule has 0 unspecified atom stereocenters. The molecule has 0 radical (unpaired) electrons. The monoisotopic (exact) mass is 395 g/mol. The van der Waals surface area contributed by atoms with Crippen LogP contribution in [0, 0.1) is 0 Å². The maximum atomic E-state index is 5.84. The Morgan fingerprint density at radius 3 is 2.78 bits per heavy atom. The van der Waals surface area contributed by atoms with Crippen LogP contribution in [0.3, 0.4) is 0 Å². The minimum atomic E-state index is -0.109. The molecule has 0 saturated heterocycles. The number of rotatable bonds is 5. The van der Waals surface area contributed by atoms with Crippen molar-refractivity contribution in [2.45, 2.75) is 17.4 Å². The lowest BCUT2D eigenvalue weighted by molar-refractivity contribution is 0.461. The predicted octanol–water partition coefficient (Wildman–Crippen LogP) is 5.18. The number of aromatic nitrogens is 5. The molecule has 1 atom stereocenters. The highest BCUT2D eigenvalue weighted by atomic mass is 32.2. The summed E-state index contributed by atoms with van der Waals surface area (Å²) < 4.78 is 11.6. The van der Waals surface area contributed by atoms with E-state index in [1.54, 1.807) is 11.3 Å². The van der Waals surface area contributed by atoms with E-state index >= 15 is 0 Å². The van der Waals surface area contributed by atoms with Gasteiger partial charge in [-0.15, -0.1) is 31.7 Å². The molecule has 1 aromatic carbocycles. The Kier molecular flexibility index (Phi) is 4.02. The zero-order valence-electron chi connectivity index (χ0n) is 14.1. The number of nitrogens with zero attached hydrogens (tertiary/aromatic N) is 4. The molecular formula is C18H13N5O2S2. The van der Waals surface area contributed by atoms with Crippen LogP contribution in [0.4, 0.5) is 0 Å². The zero-order valence-corrected chi connectivity index (χ0v) is 15.8. The molecule has 5 rings (SSSR count). The molecule has 1 N–H and O–H groups in total. The van der Waals surface area contributed by atoms with E-state index in [1.165, 1.54) is 11.8 Å². The number of nitrogens with one attached hydrogen (secondary N) is 1. The third-order valence-electron chi connectivity index (χ3n) is 4.02. The van der Waals surface area contributed by atoms with Gasteiger partial charge in [-0.25, -0.2) is 0 Å². The molecule has 0 aliphatic rings. The van der Waals surface area contributed by atoms with Crippen molar-refractivity contribution in [3.05, 3.63) is 53.9 Å². The van der Waals surface area contributed by atoms with Crippen LogP contribution in [0.5, 0.6) is 0 Å². The van der Waals surface area contributed by atoms with E-state index in [1.807, 2.05) is 54.9 Å². The Morgan fingerprint density at radius 1 is 1.00 bits per heavy atom. The highest BCUT2D eigenvalue weighted by molar-refractivity contribution is 7.99. The Hall–Kier alpha value is -2.91. The van der Waals surface area contributed by atoms with Crippen molar-refractivity contribution >= 4 is 34.0 Å². The maximum Gasteiger partial charge on any atom is 0.277 e. The first kappa shape index (κ1) is 16.3. The van der Waals surface area contributed by atoms with E-state index < -0.39 is 0 Å². The Bertz CT molecular complexity index is 1190. The van der Waals surface area contributed by atoms with Gasteiger partial charge in [0.05, 0.1) is 15.7 Å². The van der Waals surface area contributed by atoms with Gasteiger partial charge in [-0.1, -0.05) is 36.0 Å². The van der Waals surface area contributed by atoms with Gasteiger partial charge in [0, 0.05) is 17.1 Å². The van der Waals surface area contributed by atoms with Crippen molar-refractivity contribution in [2.24, 2.45) is 0 Å². The fourth-order valence-electron chi connectivity index (χ4n) is 2.72. The highest BCUT2D eigenvalue weighted by Crippen LogP contribution is 2.37. The van der Waals surface area contributed by atoms with Gasteiger partial charge in [0.25, 0.3) is 17.0 Å². The number of thioether (sulfide) groups is 1. The third kappa shape index (κ3) is 3.04. The number of hydrogen-bond donors (Lipinski definition) is 1. The Morgan fingerprint density at radius 2 is 1.89 bits per heavy atom. The van der Waals surface area contributed by atoms with Gasteiger partial charge in [0.1, 0.15) is 0 Å². The van der Waals surface area contributed by atoms with Crippen LogP contribution in [0.2, 0.25) is 0 Å². The van der Waals surface area contributed by atoms with Crippen LogP contribution < -0.4 is 0 Å². The fourth-order valence-corrected chi connectivity index (χ4v) is 4.07. The summed E-state index contributed by atoms with van der Waals surface area (Å²) in [4.78, 5) is 4.16. The van der Waals surface area contributed by atoms with E-state index in [9.17, 15) is 0 Å². The number of hydrogen-bond acceptors (Lipinski definition) is 8. The summed E-state index contributed by atoms with van der Waals surface area (Å²) in [6, 6.07) is 11.9. The number of thiophene rings is 1. The Balaban J connectivity index is 1.36. The molecule has 7 nitrogen and oxygen atoms in total. The number of fused-ring (bicyclic) bond motifs is 1. The van der Waals surface area contributed by atoms with Crippen LogP contribution in [-0.4, -0.2) is 25.4 Å². The standard InChI is InChI=1S/C18H13N5O2S2/c1-10(15-20-22-17(24-15)14-7-4-8-26-14)27-18-23-21-16(25-18)12-9-19-13-6-3-2-5-11(12)13/h2-10,19H,1H3/t10-/m1/s1. The molecule has 0 saturated carbocycles. The summed E-state index contributed by atoms with van der Waals surface area (Å²) in [6.07, 6.45) is 1.88. The topological polar surface area (TPSA) is 93.6 Å². The van der Waals surface area contributed by atoms with E-state index in [2.05, 4.69) is 25.4 Å². The first-order valence-corrected chi connectivity index (χ1v) is 9.98. The van der Waals surface area contributed by atoms with Gasteiger partial charge < -0.3 is 13.8 Å². The Labute approximate surface area is 161 Å². The lowest BCUT2D eigenvalue weighted by Crippen LogP contribution is -1.88. The molecule has 0 aliphatic heterocycles. The summed E-state index contributed by atoms with van der Waals surface area (Å²) in [5.74, 6) is 1.53. The molecule has 4 heterocycles. The molecule has 0 fully saturated rings. The SMILES string of the molecule is C[C@@H](Sc1nnc(-c2c[nH]c3ccccc23)o1)c1nnc(-c2cccs2)o1. The third-order valence-corrected chi connectivity index (χ3v) is 5.80. The summed E-state index contributed by atoms with van der Waals surface area (Å²) in [5.41, 5.74) is 1.91. The van der Waals surface area contributed by atoms with Crippen LogP contribution in [0.25, 0.3) is 33.1 Å². The zero-order chi connectivity index (χ0) is 18.2. The summed E-state index contributed by atoms with van der Waals surface area (Å²) in [6.45, 7) is 1.96. The second kappa shape index (κ2) is 6.67. The van der Waals surface area contributed by atoms with E-state index in [0.29, 0.717) is 22.9 Å². The van der Waals surface area contributed by atoms with Crippen molar-refractivity contribution in [3.63, 3.8) is 0 Å². The van der Waals surface area contributed by atoms with Gasteiger partial charge in [-0.3, -0.25) is 0 Å². The van der Waals surface area contributed by atoms with Crippen molar-refractivity contribution in [1.82, 2.24) is 25.4 Å². The van der Waals surface area contributed by atoms with E-state index in [-0.39, 0.29) is 5.25 Å². The lowest BCUT2D eigenvalue weighted by atomic mass is 10.2. The molecule has 0 amide bonds. The van der Waals surface area contributed by atoms with E-state index in [4.69, 9.17) is 8.83 Å². The highest BCUT2D eigenvalue weighted by Gasteiger charge is 2.20. The second-order valence-corrected chi connectivity index (χ2v) is 8.04. The van der Waals surface area contributed by atoms with Crippen molar-refractivity contribution in [2.75, 3.05) is 0 Å². The summed E-state index contributed by atoms with van der Waals surface area (Å²) in [5, 5.41) is 19.9. The first-order valence-electron chi connectivity index (χ1n) is 8.22. The number of H-pyrrole nitrogens is 1. The second-order valence-electron chi connectivity index (χ2n) is 5.80. The fraction of sp³-hybridized carbons (Fsp3) is 0.111. The lowest BCUT2D eigenvalue weighted by Gasteiger charge is -2.01. The smallest absolute Gasteiger partial charge is 0.277 e. The van der Waals surface area contributed by atoms with Crippen LogP contribution >= 0.6 is 23.1 Å². The largest absolute Gasteiger partial charge is 0.419 e. The van der Waals surface area contributed by atoms with Crippen molar-refractivity contribution in [3.8, 4) is 22.2 Å². The average molecular weight is 395 g/mol. The van der Waals surface area contributed by atoms with E-state index in [0.717, 1.165) is 21.3 Å². The maximum absolute atomic E-state index is 5.84. The number of benzene rings is 1. The predicted molar refractivity (Wildman–Crippen MR) is 103 cm³/mol. The molecular weight excluding hydrogens is 382 g/mol. The van der Waals surface area contributed by atoms with Crippen LogP contribution in [0.15, 0.2) is 62.0 Å². The molecule has 9 heteroatoms. The molecule has 5 aromatic rings. The molecule has 0 spiro atoms. The quantitative estimate of drug-likeness (QED) is 0.410. The summed E-state index contributed by atoms with van der Waals surface area (Å²) in [7, 11) is 0. The molecule has 0 aliphatic carbocycles. The minimum absolute atomic E-state index is 0.109. The molecule has 27 heavy (non-hydrogen) atoms. The number of para-hydroxylation sites is 1. The average Bonchev–Trinajstić information content (AvgIpc) is 3.46. The van der Waals surface area contributed by atoms with Crippen LogP contribution in [0.1, 0.15) is 18.1 Å². The first-order chi connectivity index (χ1) is 13.3. The number of aromatic amines is 1. The van der Waals surface area contributed by atoms with Gasteiger partial charge in [-0.2, -0.15) is 0 Å². The van der Waals surface area contributed by atoms with Gasteiger partial charge >= 0.3 is 0 Å².